The third kappa shape index (κ3) is 3.96. The molecule has 4 rings (SSSR count). The van der Waals surface area contributed by atoms with Gasteiger partial charge in [-0.25, -0.2) is 9.48 Å². The molecule has 1 aliphatic rings. The summed E-state index contributed by atoms with van der Waals surface area (Å²) in [5, 5.41) is 14.8. The van der Waals surface area contributed by atoms with Crippen molar-refractivity contribution >= 4 is 22.6 Å². The number of hydrogen-bond donors (Lipinski definition) is 1. The summed E-state index contributed by atoms with van der Waals surface area (Å²) >= 11 is 0. The zero-order valence-electron chi connectivity index (χ0n) is 16.7. The van der Waals surface area contributed by atoms with Crippen LogP contribution in [0.1, 0.15) is 28.0 Å². The maximum absolute atomic E-state index is 12.8. The van der Waals surface area contributed by atoms with Gasteiger partial charge in [0.2, 0.25) is 5.91 Å². The van der Waals surface area contributed by atoms with E-state index in [-0.39, 0.29) is 29.5 Å². The van der Waals surface area contributed by atoms with Gasteiger partial charge in [-0.15, -0.1) is 0 Å². The van der Waals surface area contributed by atoms with Crippen LogP contribution in [0.15, 0.2) is 53.3 Å². The summed E-state index contributed by atoms with van der Waals surface area (Å²) in [5.41, 5.74) is 1.69. The van der Waals surface area contributed by atoms with E-state index in [2.05, 4.69) is 5.10 Å². The van der Waals surface area contributed by atoms with Crippen LogP contribution >= 0.6 is 0 Å². The first-order valence-corrected chi connectivity index (χ1v) is 9.99. The second-order valence-electron chi connectivity index (χ2n) is 7.80. The van der Waals surface area contributed by atoms with Crippen molar-refractivity contribution in [3.05, 3.63) is 75.7 Å². The Bertz CT molecular complexity index is 1180. The Hall–Kier alpha value is -3.48. The zero-order chi connectivity index (χ0) is 21.3. The van der Waals surface area contributed by atoms with Crippen LogP contribution in [0.4, 0.5) is 0 Å². The molecule has 2 aromatic carbocycles. The van der Waals surface area contributed by atoms with Gasteiger partial charge in [0.25, 0.3) is 5.56 Å². The highest BCUT2D eigenvalue weighted by Crippen LogP contribution is 2.22. The number of carbonyl (C=O) groups is 2. The molecule has 1 saturated heterocycles. The average Bonchev–Trinajstić information content (AvgIpc) is 3.20. The zero-order valence-corrected chi connectivity index (χ0v) is 16.7. The van der Waals surface area contributed by atoms with Crippen molar-refractivity contribution in [3.8, 4) is 0 Å². The van der Waals surface area contributed by atoms with E-state index in [1.54, 1.807) is 35.2 Å². The summed E-state index contributed by atoms with van der Waals surface area (Å²) in [7, 11) is 0. The smallest absolute Gasteiger partial charge is 0.335 e. The average molecular weight is 405 g/mol. The molecular weight excluding hydrogens is 382 g/mol. The van der Waals surface area contributed by atoms with Crippen molar-refractivity contribution < 1.29 is 14.7 Å². The lowest BCUT2D eigenvalue weighted by molar-refractivity contribution is -0.131. The van der Waals surface area contributed by atoms with Gasteiger partial charge in [-0.1, -0.05) is 30.3 Å². The van der Waals surface area contributed by atoms with E-state index in [0.29, 0.717) is 18.5 Å². The van der Waals surface area contributed by atoms with Gasteiger partial charge in [0.1, 0.15) is 6.54 Å². The number of rotatable bonds is 5. The lowest BCUT2D eigenvalue weighted by atomic mass is 9.97. The third-order valence-corrected chi connectivity index (χ3v) is 5.67. The highest BCUT2D eigenvalue weighted by Gasteiger charge is 2.27. The van der Waals surface area contributed by atoms with Crippen molar-refractivity contribution in [3.63, 3.8) is 0 Å². The van der Waals surface area contributed by atoms with Gasteiger partial charge in [0, 0.05) is 18.5 Å². The molecule has 3 aromatic rings. The predicted octanol–water partition coefficient (Wildman–Crippen LogP) is 2.49. The summed E-state index contributed by atoms with van der Waals surface area (Å²) in [5.74, 6) is -0.800. The molecule has 2 heterocycles. The number of aromatic carboxylic acids is 1. The largest absolute Gasteiger partial charge is 0.478 e. The van der Waals surface area contributed by atoms with Gasteiger partial charge in [0.15, 0.2) is 0 Å². The number of amides is 1. The molecule has 1 N–H and O–H groups in total. The van der Waals surface area contributed by atoms with Crippen molar-refractivity contribution in [1.29, 1.82) is 0 Å². The van der Waals surface area contributed by atoms with Gasteiger partial charge in [-0.2, -0.15) is 5.10 Å². The summed E-state index contributed by atoms with van der Waals surface area (Å²) in [6.45, 7) is 2.98. The van der Waals surface area contributed by atoms with Crippen molar-refractivity contribution in [2.75, 3.05) is 13.1 Å². The molecule has 1 amide bonds. The molecule has 1 aromatic heterocycles. The summed E-state index contributed by atoms with van der Waals surface area (Å²) in [6.07, 6.45) is 1.57. The molecule has 0 radical (unpaired) electrons. The van der Waals surface area contributed by atoms with Crippen LogP contribution < -0.4 is 5.56 Å². The molecule has 1 unspecified atom stereocenters. The van der Waals surface area contributed by atoms with Crippen LogP contribution in [-0.4, -0.2) is 44.8 Å². The fraction of sp³-hybridized carbons (Fsp3) is 0.304. The van der Waals surface area contributed by atoms with Crippen molar-refractivity contribution in [1.82, 2.24) is 14.7 Å². The number of nitrogens with zero attached hydrogens (tertiary/aromatic N) is 3. The third-order valence-electron chi connectivity index (χ3n) is 5.67. The molecule has 0 saturated carbocycles. The minimum absolute atomic E-state index is 0.0777. The van der Waals surface area contributed by atoms with Crippen LogP contribution in [0.5, 0.6) is 0 Å². The number of benzene rings is 2. The predicted molar refractivity (Wildman–Crippen MR) is 113 cm³/mol. The fourth-order valence-electron chi connectivity index (χ4n) is 4.13. The summed E-state index contributed by atoms with van der Waals surface area (Å²) in [4.78, 5) is 38.4. The number of likely N-dealkylation sites (tertiary alicyclic amines) is 1. The van der Waals surface area contributed by atoms with Gasteiger partial charge in [-0.3, -0.25) is 9.59 Å². The van der Waals surface area contributed by atoms with Crippen LogP contribution in [-0.2, 0) is 17.8 Å². The maximum Gasteiger partial charge on any atom is 0.335 e. The molecule has 0 aliphatic carbocycles. The minimum atomic E-state index is -0.941. The Morgan fingerprint density at radius 2 is 1.90 bits per heavy atom. The van der Waals surface area contributed by atoms with E-state index in [9.17, 15) is 14.4 Å². The van der Waals surface area contributed by atoms with Crippen LogP contribution in [0, 0.1) is 12.8 Å². The van der Waals surface area contributed by atoms with E-state index in [4.69, 9.17) is 5.11 Å². The lowest BCUT2D eigenvalue weighted by Gasteiger charge is -2.17. The Morgan fingerprint density at radius 3 is 2.67 bits per heavy atom. The fourth-order valence-corrected chi connectivity index (χ4v) is 4.13. The molecule has 154 valence electrons. The molecule has 7 nitrogen and oxygen atoms in total. The van der Waals surface area contributed by atoms with Crippen molar-refractivity contribution in [2.45, 2.75) is 26.3 Å². The van der Waals surface area contributed by atoms with Gasteiger partial charge >= 0.3 is 5.97 Å². The topological polar surface area (TPSA) is 92.5 Å². The normalized spacial score (nSPS) is 16.2. The Balaban J connectivity index is 1.44. The lowest BCUT2D eigenvalue weighted by Crippen LogP contribution is -2.36. The van der Waals surface area contributed by atoms with Gasteiger partial charge < -0.3 is 10.0 Å². The SMILES string of the molecule is Cc1nn(CC(=O)N2CCC(Cc3cccc(C(=O)O)c3)C2)c(=O)c2ccccc12. The molecule has 1 atom stereocenters. The molecule has 1 aliphatic heterocycles. The highest BCUT2D eigenvalue weighted by atomic mass is 16.4. The Labute approximate surface area is 173 Å². The number of carboxylic acids is 1. The van der Waals surface area contributed by atoms with Crippen molar-refractivity contribution in [2.24, 2.45) is 5.92 Å². The quantitative estimate of drug-likeness (QED) is 0.704. The van der Waals surface area contributed by atoms with E-state index >= 15 is 0 Å². The number of aromatic nitrogens is 2. The number of aryl methyl sites for hydroxylation is 1. The second kappa shape index (κ2) is 8.10. The van der Waals surface area contributed by atoms with Gasteiger partial charge in [-0.05, 0) is 49.4 Å². The summed E-state index contributed by atoms with van der Waals surface area (Å²) < 4.78 is 1.25. The highest BCUT2D eigenvalue weighted by molar-refractivity contribution is 5.87. The number of carbonyl (C=O) groups excluding carboxylic acids is 1. The molecule has 30 heavy (non-hydrogen) atoms. The molecule has 0 spiro atoms. The van der Waals surface area contributed by atoms with Crippen LogP contribution in [0.2, 0.25) is 0 Å². The van der Waals surface area contributed by atoms with Crippen LogP contribution in [0.3, 0.4) is 0 Å². The van der Waals surface area contributed by atoms with E-state index < -0.39 is 5.97 Å². The number of carboxylic acid groups (broad SMARTS) is 1. The molecule has 0 bridgehead atoms. The van der Waals surface area contributed by atoms with E-state index in [1.165, 1.54) is 4.68 Å². The second-order valence-corrected chi connectivity index (χ2v) is 7.80. The van der Waals surface area contributed by atoms with Crippen LogP contribution in [0.25, 0.3) is 10.8 Å². The molecule has 1 fully saturated rings. The monoisotopic (exact) mass is 405 g/mol. The van der Waals surface area contributed by atoms with Gasteiger partial charge in [0.05, 0.1) is 16.6 Å². The first-order valence-electron chi connectivity index (χ1n) is 9.99. The first-order chi connectivity index (χ1) is 14.4. The van der Waals surface area contributed by atoms with E-state index in [0.717, 1.165) is 29.5 Å². The Kier molecular flexibility index (Phi) is 5.35. The maximum atomic E-state index is 12.8. The molecular formula is C23H23N3O4. The minimum Gasteiger partial charge on any atom is -0.478 e. The summed E-state index contributed by atoms with van der Waals surface area (Å²) in [6, 6.07) is 14.2. The number of fused-ring (bicyclic) bond motifs is 1. The standard InChI is InChI=1S/C23H23N3O4/c1-15-19-7-2-3-8-20(19)22(28)26(24-15)14-21(27)25-10-9-17(13-25)11-16-5-4-6-18(12-16)23(29)30/h2-8,12,17H,9-11,13-14H2,1H3,(H,29,30). The number of hydrogen-bond acceptors (Lipinski definition) is 4. The Morgan fingerprint density at radius 1 is 1.13 bits per heavy atom. The first kappa shape index (κ1) is 19.8. The molecule has 7 heteroatoms. The van der Waals surface area contributed by atoms with E-state index in [1.807, 2.05) is 25.1 Å².